The fraction of sp³-hybridized carbons (Fsp3) is 0.250. The number of benzene rings is 1. The molecule has 3 rings (SSSR count). The highest BCUT2D eigenvalue weighted by molar-refractivity contribution is 7.89. The number of esters is 1. The van der Waals surface area contributed by atoms with Crippen LogP contribution in [0.25, 0.3) is 5.65 Å². The lowest BCUT2D eigenvalue weighted by atomic mass is 10.2. The van der Waals surface area contributed by atoms with Crippen LogP contribution in [-0.2, 0) is 26.2 Å². The third kappa shape index (κ3) is 4.52. The Balaban J connectivity index is 1.68. The highest BCUT2D eigenvalue weighted by atomic mass is 32.2. The van der Waals surface area contributed by atoms with Crippen LogP contribution < -0.4 is 5.56 Å². The topological polar surface area (TPSA) is 98.0 Å². The SMILES string of the molecule is Cc1ccc(S(=O)(=O)N(C)CC(=O)OCc2cc(=O)n3cccc(C)c3n2)cc1. The fourth-order valence-electron chi connectivity index (χ4n) is 2.74. The first-order valence-electron chi connectivity index (χ1n) is 8.85. The second-order valence-corrected chi connectivity index (χ2v) is 8.75. The standard InChI is InChI=1S/C20H21N3O5S/c1-14-6-8-17(9-7-14)29(26,27)22(3)12-19(25)28-13-16-11-18(24)23-10-4-5-15(2)20(23)21-16/h4-11H,12-13H2,1-3H3. The van der Waals surface area contributed by atoms with Gasteiger partial charge >= 0.3 is 5.97 Å². The molecule has 29 heavy (non-hydrogen) atoms. The normalized spacial score (nSPS) is 11.7. The summed E-state index contributed by atoms with van der Waals surface area (Å²) in [7, 11) is -2.51. The predicted octanol–water partition coefficient (Wildman–Crippen LogP) is 1.68. The molecule has 0 atom stereocenters. The molecule has 0 radical (unpaired) electrons. The third-order valence-electron chi connectivity index (χ3n) is 4.40. The fourth-order valence-corrected chi connectivity index (χ4v) is 3.86. The minimum atomic E-state index is -3.81. The first-order valence-corrected chi connectivity index (χ1v) is 10.3. The number of likely N-dealkylation sites (N-methyl/N-ethyl adjacent to an activating group) is 1. The van der Waals surface area contributed by atoms with Crippen molar-refractivity contribution in [2.75, 3.05) is 13.6 Å². The van der Waals surface area contributed by atoms with E-state index in [2.05, 4.69) is 4.98 Å². The molecule has 0 unspecified atom stereocenters. The van der Waals surface area contributed by atoms with Crippen LogP contribution in [0.4, 0.5) is 0 Å². The maximum absolute atomic E-state index is 12.5. The monoisotopic (exact) mass is 415 g/mol. The first-order chi connectivity index (χ1) is 13.7. The quantitative estimate of drug-likeness (QED) is 0.568. The van der Waals surface area contributed by atoms with Gasteiger partial charge in [-0.25, -0.2) is 13.4 Å². The third-order valence-corrected chi connectivity index (χ3v) is 6.22. The number of carbonyl (C=O) groups is 1. The lowest BCUT2D eigenvalue weighted by Gasteiger charge is -2.16. The molecule has 0 saturated carbocycles. The molecule has 0 saturated heterocycles. The number of fused-ring (bicyclic) bond motifs is 1. The van der Waals surface area contributed by atoms with Crippen LogP contribution in [-0.4, -0.2) is 41.7 Å². The molecule has 2 aromatic heterocycles. The molecule has 0 bridgehead atoms. The van der Waals surface area contributed by atoms with Crippen LogP contribution in [0.3, 0.4) is 0 Å². The Hall–Kier alpha value is -3.04. The summed E-state index contributed by atoms with van der Waals surface area (Å²) in [5.41, 5.74) is 2.22. The Morgan fingerprint density at radius 1 is 1.17 bits per heavy atom. The minimum absolute atomic E-state index is 0.0955. The van der Waals surface area contributed by atoms with Crippen molar-refractivity contribution in [3.63, 3.8) is 0 Å². The number of nitrogens with zero attached hydrogens (tertiary/aromatic N) is 3. The first kappa shape index (κ1) is 20.7. The molecular formula is C20H21N3O5S. The van der Waals surface area contributed by atoms with Crippen molar-refractivity contribution in [1.82, 2.24) is 13.7 Å². The molecule has 1 aromatic carbocycles. The van der Waals surface area contributed by atoms with Gasteiger partial charge in [0.05, 0.1) is 10.6 Å². The zero-order valence-electron chi connectivity index (χ0n) is 16.3. The number of rotatable bonds is 6. The van der Waals surface area contributed by atoms with E-state index in [0.29, 0.717) is 11.3 Å². The molecule has 8 nitrogen and oxygen atoms in total. The summed E-state index contributed by atoms with van der Waals surface area (Å²) in [4.78, 5) is 28.8. The number of aryl methyl sites for hydroxylation is 2. The molecule has 9 heteroatoms. The second kappa shape index (κ2) is 8.14. The summed E-state index contributed by atoms with van der Waals surface area (Å²) in [5.74, 6) is -0.741. The van der Waals surface area contributed by atoms with Gasteiger partial charge in [0.15, 0.2) is 0 Å². The van der Waals surface area contributed by atoms with E-state index in [1.807, 2.05) is 19.9 Å². The van der Waals surface area contributed by atoms with Gasteiger partial charge in [-0.05, 0) is 37.6 Å². The molecule has 0 fully saturated rings. The molecule has 2 heterocycles. The van der Waals surface area contributed by atoms with Crippen molar-refractivity contribution < 1.29 is 17.9 Å². The molecule has 0 N–H and O–H groups in total. The van der Waals surface area contributed by atoms with Crippen LogP contribution >= 0.6 is 0 Å². The maximum Gasteiger partial charge on any atom is 0.321 e. The van der Waals surface area contributed by atoms with Gasteiger partial charge in [-0.2, -0.15) is 4.31 Å². The Bertz CT molecular complexity index is 1220. The average Bonchev–Trinajstić information content (AvgIpc) is 2.67. The molecule has 152 valence electrons. The van der Waals surface area contributed by atoms with Gasteiger partial charge in [-0.3, -0.25) is 14.0 Å². The molecule has 0 aliphatic heterocycles. The summed E-state index contributed by atoms with van der Waals surface area (Å²) in [6.45, 7) is 2.99. The lowest BCUT2D eigenvalue weighted by molar-refractivity contribution is -0.145. The van der Waals surface area contributed by atoms with E-state index in [1.165, 1.54) is 29.6 Å². The van der Waals surface area contributed by atoms with Gasteiger partial charge in [-0.1, -0.05) is 23.8 Å². The van der Waals surface area contributed by atoms with Crippen LogP contribution in [0.15, 0.2) is 58.4 Å². The Morgan fingerprint density at radius 3 is 2.55 bits per heavy atom. The minimum Gasteiger partial charge on any atom is -0.458 e. The molecule has 0 spiro atoms. The number of ether oxygens (including phenoxy) is 1. The van der Waals surface area contributed by atoms with E-state index in [1.54, 1.807) is 24.4 Å². The molecule has 0 aliphatic rings. The Morgan fingerprint density at radius 2 is 1.86 bits per heavy atom. The number of sulfonamides is 1. The van der Waals surface area contributed by atoms with Crippen molar-refractivity contribution in [2.24, 2.45) is 0 Å². The van der Waals surface area contributed by atoms with E-state index in [9.17, 15) is 18.0 Å². The second-order valence-electron chi connectivity index (χ2n) is 6.71. The number of pyridine rings is 1. The van der Waals surface area contributed by atoms with Crippen molar-refractivity contribution in [2.45, 2.75) is 25.3 Å². The van der Waals surface area contributed by atoms with Crippen molar-refractivity contribution in [1.29, 1.82) is 0 Å². The highest BCUT2D eigenvalue weighted by Gasteiger charge is 2.23. The van der Waals surface area contributed by atoms with Crippen LogP contribution in [0, 0.1) is 13.8 Å². The van der Waals surface area contributed by atoms with Gasteiger partial charge in [-0.15, -0.1) is 0 Å². The van der Waals surface area contributed by atoms with E-state index in [4.69, 9.17) is 4.74 Å². The number of carbonyl (C=O) groups excluding carboxylic acids is 1. The summed E-state index contributed by atoms with van der Waals surface area (Å²) >= 11 is 0. The maximum atomic E-state index is 12.5. The summed E-state index contributed by atoms with van der Waals surface area (Å²) in [5, 5.41) is 0. The lowest BCUT2D eigenvalue weighted by Crippen LogP contribution is -2.33. The predicted molar refractivity (Wildman–Crippen MR) is 107 cm³/mol. The van der Waals surface area contributed by atoms with Crippen molar-refractivity contribution in [3.8, 4) is 0 Å². The van der Waals surface area contributed by atoms with E-state index < -0.39 is 22.5 Å². The molecular weight excluding hydrogens is 394 g/mol. The van der Waals surface area contributed by atoms with Crippen LogP contribution in [0.2, 0.25) is 0 Å². The average molecular weight is 415 g/mol. The van der Waals surface area contributed by atoms with Crippen molar-refractivity contribution >= 4 is 21.6 Å². The van der Waals surface area contributed by atoms with Crippen LogP contribution in [0.1, 0.15) is 16.8 Å². The summed E-state index contributed by atoms with van der Waals surface area (Å²) in [6, 6.07) is 11.2. The zero-order chi connectivity index (χ0) is 21.2. The van der Waals surface area contributed by atoms with Crippen molar-refractivity contribution in [3.05, 3.63) is 75.8 Å². The van der Waals surface area contributed by atoms with E-state index >= 15 is 0 Å². The van der Waals surface area contributed by atoms with Crippen LogP contribution in [0.5, 0.6) is 0 Å². The number of hydrogen-bond acceptors (Lipinski definition) is 6. The largest absolute Gasteiger partial charge is 0.458 e. The van der Waals surface area contributed by atoms with Gasteiger partial charge < -0.3 is 4.74 Å². The number of aromatic nitrogens is 2. The van der Waals surface area contributed by atoms with Gasteiger partial charge in [0.25, 0.3) is 5.56 Å². The molecule has 3 aromatic rings. The molecule has 0 aliphatic carbocycles. The van der Waals surface area contributed by atoms with E-state index in [0.717, 1.165) is 15.4 Å². The Kier molecular flexibility index (Phi) is 5.81. The highest BCUT2D eigenvalue weighted by Crippen LogP contribution is 2.15. The van der Waals surface area contributed by atoms with Gasteiger partial charge in [0.2, 0.25) is 10.0 Å². The zero-order valence-corrected chi connectivity index (χ0v) is 17.1. The van der Waals surface area contributed by atoms with Gasteiger partial charge in [0, 0.05) is 19.3 Å². The van der Waals surface area contributed by atoms with E-state index in [-0.39, 0.29) is 17.1 Å². The van der Waals surface area contributed by atoms with Gasteiger partial charge in [0.1, 0.15) is 18.8 Å². The summed E-state index contributed by atoms with van der Waals surface area (Å²) < 4.78 is 32.6. The summed E-state index contributed by atoms with van der Waals surface area (Å²) in [6.07, 6.45) is 1.61. The molecule has 0 amide bonds. The Labute approximate surface area is 168 Å². The number of hydrogen-bond donors (Lipinski definition) is 0. The smallest absolute Gasteiger partial charge is 0.321 e.